The molecule has 0 atom stereocenters. The molecule has 0 unspecified atom stereocenters. The van der Waals surface area contributed by atoms with Crippen LogP contribution in [0.3, 0.4) is 0 Å². The molecule has 0 aliphatic heterocycles. The molecule has 0 fully saturated rings. The maximum absolute atomic E-state index is 8.52. The van der Waals surface area contributed by atoms with Gasteiger partial charge in [0.05, 0.1) is 13.1 Å². The van der Waals surface area contributed by atoms with Crippen molar-refractivity contribution in [2.45, 2.75) is 13.8 Å². The number of hydrogen-bond acceptors (Lipinski definition) is 4. The Morgan fingerprint density at radius 2 is 1.41 bits per heavy atom. The predicted octanol–water partition coefficient (Wildman–Crippen LogP) is 0.281. The van der Waals surface area contributed by atoms with Crippen LogP contribution >= 0.6 is 0 Å². The Morgan fingerprint density at radius 1 is 1.06 bits per heavy atom. The summed E-state index contributed by atoms with van der Waals surface area (Å²) in [6.07, 6.45) is 0. The SMILES string of the molecule is CC[NH+](CC)c1ccccc1.O=S(=O)([O-])[O-].[NH4+]. The molecule has 0 aromatic heterocycles. The van der Waals surface area contributed by atoms with Crippen molar-refractivity contribution in [2.75, 3.05) is 13.1 Å². The third-order valence-electron chi connectivity index (χ3n) is 2.04. The van der Waals surface area contributed by atoms with Gasteiger partial charge in [0.2, 0.25) is 0 Å². The van der Waals surface area contributed by atoms with E-state index in [-0.39, 0.29) is 6.15 Å². The van der Waals surface area contributed by atoms with Crippen molar-refractivity contribution in [3.05, 3.63) is 30.3 Å². The molecule has 0 aliphatic rings. The minimum absolute atomic E-state index is 0. The second-order valence-corrected chi connectivity index (χ2v) is 3.90. The van der Waals surface area contributed by atoms with Gasteiger partial charge in [0.15, 0.2) is 0 Å². The van der Waals surface area contributed by atoms with Gasteiger partial charge in [0.1, 0.15) is 5.69 Å². The number of nitrogens with one attached hydrogen (secondary N) is 1. The van der Waals surface area contributed by atoms with Gasteiger partial charge in [-0.2, -0.15) is 0 Å². The van der Waals surface area contributed by atoms with Crippen LogP contribution in [0.25, 0.3) is 0 Å². The van der Waals surface area contributed by atoms with E-state index in [1.54, 1.807) is 4.90 Å². The Hall–Kier alpha value is -0.990. The Morgan fingerprint density at radius 3 is 1.71 bits per heavy atom. The van der Waals surface area contributed by atoms with E-state index >= 15 is 0 Å². The van der Waals surface area contributed by atoms with Crippen LogP contribution in [0.5, 0.6) is 0 Å². The van der Waals surface area contributed by atoms with E-state index in [1.807, 2.05) is 0 Å². The molecule has 0 saturated heterocycles. The molecule has 0 radical (unpaired) electrons. The van der Waals surface area contributed by atoms with Crippen LogP contribution in [0.2, 0.25) is 0 Å². The summed E-state index contributed by atoms with van der Waals surface area (Å²) < 4.78 is 34.1. The number of benzene rings is 1. The molecule has 1 aromatic rings. The van der Waals surface area contributed by atoms with Gasteiger partial charge in [-0.15, -0.1) is 0 Å². The van der Waals surface area contributed by atoms with Gasteiger partial charge in [0.25, 0.3) is 0 Å². The molecule has 0 heterocycles. The van der Waals surface area contributed by atoms with Gasteiger partial charge in [-0.05, 0) is 26.0 Å². The van der Waals surface area contributed by atoms with E-state index in [9.17, 15) is 0 Å². The second kappa shape index (κ2) is 9.08. The second-order valence-electron chi connectivity index (χ2n) is 3.08. The van der Waals surface area contributed by atoms with Crippen molar-refractivity contribution < 1.29 is 22.4 Å². The highest BCUT2D eigenvalue weighted by Crippen LogP contribution is 1.97. The highest BCUT2D eigenvalue weighted by atomic mass is 32.3. The first kappa shape index (κ1) is 18.4. The maximum Gasteiger partial charge on any atom is 0.131 e. The average molecular weight is 264 g/mol. The molecular formula is C10H20N2O4S. The first-order valence-corrected chi connectivity index (χ1v) is 6.28. The van der Waals surface area contributed by atoms with Crippen LogP contribution in [-0.2, 0) is 10.4 Å². The Balaban J connectivity index is 0. The lowest BCUT2D eigenvalue weighted by Crippen LogP contribution is -3.06. The lowest BCUT2D eigenvalue weighted by atomic mass is 10.3. The molecule has 0 bridgehead atoms. The maximum atomic E-state index is 8.52. The molecule has 5 N–H and O–H groups in total. The average Bonchev–Trinajstić information content (AvgIpc) is 2.19. The zero-order chi connectivity index (χ0) is 12.6. The van der Waals surface area contributed by atoms with Gasteiger partial charge in [-0.1, -0.05) is 18.2 Å². The highest BCUT2D eigenvalue weighted by Gasteiger charge is 2.03. The number of hydrogen-bond donors (Lipinski definition) is 2. The summed E-state index contributed by atoms with van der Waals surface area (Å²) >= 11 is 0. The molecule has 1 aromatic carbocycles. The first-order chi connectivity index (χ1) is 7.38. The fourth-order valence-corrected chi connectivity index (χ4v) is 1.33. The summed E-state index contributed by atoms with van der Waals surface area (Å²) in [7, 11) is -5.17. The van der Waals surface area contributed by atoms with Gasteiger partial charge in [-0.3, -0.25) is 8.42 Å². The fraction of sp³-hybridized carbons (Fsp3) is 0.400. The van der Waals surface area contributed by atoms with Crippen molar-refractivity contribution in [1.29, 1.82) is 0 Å². The summed E-state index contributed by atoms with van der Waals surface area (Å²) in [5.41, 5.74) is 1.40. The van der Waals surface area contributed by atoms with Crippen LogP contribution in [-0.4, -0.2) is 30.6 Å². The van der Waals surface area contributed by atoms with E-state index in [4.69, 9.17) is 17.5 Å². The predicted molar refractivity (Wildman–Crippen MR) is 64.6 cm³/mol. The highest BCUT2D eigenvalue weighted by molar-refractivity contribution is 7.79. The number of quaternary nitrogens is 2. The smallest absolute Gasteiger partial charge is 0.131 e. The third-order valence-corrected chi connectivity index (χ3v) is 2.04. The number of para-hydroxylation sites is 1. The van der Waals surface area contributed by atoms with E-state index in [0.717, 1.165) is 0 Å². The normalized spacial score (nSPS) is 10.2. The minimum atomic E-state index is -5.17. The van der Waals surface area contributed by atoms with E-state index < -0.39 is 10.4 Å². The fourth-order valence-electron chi connectivity index (χ4n) is 1.33. The zero-order valence-electron chi connectivity index (χ0n) is 10.3. The minimum Gasteiger partial charge on any atom is -0.759 e. The van der Waals surface area contributed by atoms with Crippen LogP contribution in [0.4, 0.5) is 5.69 Å². The molecule has 1 rings (SSSR count). The summed E-state index contributed by atoms with van der Waals surface area (Å²) in [5.74, 6) is 0. The van der Waals surface area contributed by atoms with Crippen LogP contribution in [0, 0.1) is 0 Å². The van der Waals surface area contributed by atoms with Gasteiger partial charge >= 0.3 is 0 Å². The molecular weight excluding hydrogens is 244 g/mol. The standard InChI is InChI=1S/C10H15N.H3N.H2O4S/c1-3-11(4-2)10-8-6-5-7-9-10;;1-5(2,3)4/h5-9H,3-4H2,1-2H3;1H3;(H2,1,2,3,4). The summed E-state index contributed by atoms with van der Waals surface area (Å²) in [5, 5.41) is 0. The molecule has 0 saturated carbocycles. The number of rotatable bonds is 3. The van der Waals surface area contributed by atoms with Gasteiger partial charge in [0, 0.05) is 10.4 Å². The summed E-state index contributed by atoms with van der Waals surface area (Å²) in [6.45, 7) is 6.76. The van der Waals surface area contributed by atoms with E-state index in [2.05, 4.69) is 44.2 Å². The van der Waals surface area contributed by atoms with Crippen LogP contribution < -0.4 is 11.1 Å². The van der Waals surface area contributed by atoms with E-state index in [1.165, 1.54) is 18.8 Å². The Bertz CT molecular complexity index is 369. The van der Waals surface area contributed by atoms with Crippen LogP contribution in [0.1, 0.15) is 13.8 Å². The molecule has 100 valence electrons. The molecule has 0 amide bonds. The molecule has 0 spiro atoms. The zero-order valence-corrected chi connectivity index (χ0v) is 11.2. The monoisotopic (exact) mass is 264 g/mol. The molecule has 0 aliphatic carbocycles. The quantitative estimate of drug-likeness (QED) is 0.601. The van der Waals surface area contributed by atoms with Crippen molar-refractivity contribution in [3.8, 4) is 0 Å². The van der Waals surface area contributed by atoms with Crippen molar-refractivity contribution in [3.63, 3.8) is 0 Å². The van der Waals surface area contributed by atoms with Crippen LogP contribution in [0.15, 0.2) is 30.3 Å². The molecule has 17 heavy (non-hydrogen) atoms. The van der Waals surface area contributed by atoms with Crippen molar-refractivity contribution in [2.24, 2.45) is 0 Å². The van der Waals surface area contributed by atoms with Crippen molar-refractivity contribution in [1.82, 2.24) is 6.15 Å². The summed E-state index contributed by atoms with van der Waals surface area (Å²) in [6, 6.07) is 10.6. The van der Waals surface area contributed by atoms with Gasteiger partial charge < -0.3 is 20.2 Å². The van der Waals surface area contributed by atoms with Crippen molar-refractivity contribution >= 4 is 16.1 Å². The lowest BCUT2D eigenvalue weighted by Gasteiger charge is -2.13. The van der Waals surface area contributed by atoms with Gasteiger partial charge in [-0.25, -0.2) is 0 Å². The third kappa shape index (κ3) is 11.3. The Kier molecular flexibility index (Phi) is 9.82. The Labute approximate surface area is 102 Å². The largest absolute Gasteiger partial charge is 0.759 e. The lowest BCUT2D eigenvalue weighted by molar-refractivity contribution is -0.828. The first-order valence-electron chi connectivity index (χ1n) is 4.95. The molecule has 7 heteroatoms. The topological polar surface area (TPSA) is 121 Å². The van der Waals surface area contributed by atoms with E-state index in [0.29, 0.717) is 0 Å². The molecule has 6 nitrogen and oxygen atoms in total. The summed E-state index contributed by atoms with van der Waals surface area (Å²) in [4.78, 5) is 1.55.